The first-order valence-corrected chi connectivity index (χ1v) is 5.93. The Kier molecular flexibility index (Phi) is 3.79. The van der Waals surface area contributed by atoms with Gasteiger partial charge < -0.3 is 9.84 Å². The fourth-order valence-electron chi connectivity index (χ4n) is 1.64. The van der Waals surface area contributed by atoms with E-state index in [1.165, 1.54) is 6.20 Å². The van der Waals surface area contributed by atoms with Crippen molar-refractivity contribution in [2.24, 2.45) is 0 Å². The maximum absolute atomic E-state index is 11.1. The van der Waals surface area contributed by atoms with Crippen LogP contribution in [0.1, 0.15) is 35.9 Å². The van der Waals surface area contributed by atoms with Gasteiger partial charge in [0, 0.05) is 6.20 Å². The van der Waals surface area contributed by atoms with Crippen molar-refractivity contribution in [1.29, 1.82) is 0 Å². The zero-order valence-electron chi connectivity index (χ0n) is 10.8. The summed E-state index contributed by atoms with van der Waals surface area (Å²) in [6.45, 7) is 4.03. The maximum atomic E-state index is 11.1. The van der Waals surface area contributed by atoms with Gasteiger partial charge in [-0.25, -0.2) is 9.48 Å². The highest BCUT2D eigenvalue weighted by atomic mass is 16.5. The van der Waals surface area contributed by atoms with E-state index in [0.29, 0.717) is 0 Å². The highest BCUT2D eigenvalue weighted by molar-refractivity contribution is 5.89. The van der Waals surface area contributed by atoms with Crippen molar-refractivity contribution in [3.05, 3.63) is 41.9 Å². The van der Waals surface area contributed by atoms with Crippen molar-refractivity contribution < 1.29 is 14.6 Å². The second kappa shape index (κ2) is 5.51. The van der Waals surface area contributed by atoms with Crippen molar-refractivity contribution in [1.82, 2.24) is 14.8 Å². The molecule has 0 aliphatic heterocycles. The molecule has 6 heteroatoms. The second-order valence-electron chi connectivity index (χ2n) is 4.32. The van der Waals surface area contributed by atoms with Gasteiger partial charge in [-0.15, -0.1) is 0 Å². The molecule has 0 spiro atoms. The quantitative estimate of drug-likeness (QED) is 0.892. The molecule has 2 heterocycles. The molecule has 0 atom stereocenters. The van der Waals surface area contributed by atoms with E-state index in [1.807, 2.05) is 32.0 Å². The average Bonchev–Trinajstić information content (AvgIpc) is 2.81. The van der Waals surface area contributed by atoms with Gasteiger partial charge >= 0.3 is 5.97 Å². The molecule has 6 nitrogen and oxygen atoms in total. The molecule has 0 aliphatic rings. The van der Waals surface area contributed by atoms with Crippen LogP contribution in [-0.4, -0.2) is 25.8 Å². The number of hydrogen-bond donors (Lipinski definition) is 1. The first-order valence-electron chi connectivity index (χ1n) is 5.93. The third-order valence-corrected chi connectivity index (χ3v) is 2.55. The Morgan fingerprint density at radius 3 is 2.84 bits per heavy atom. The number of rotatable bonds is 5. The topological polar surface area (TPSA) is 77.2 Å². The number of aromatic carboxylic acids is 1. The monoisotopic (exact) mass is 261 g/mol. The highest BCUT2D eigenvalue weighted by Crippen LogP contribution is 2.23. The minimum atomic E-state index is -1.05. The van der Waals surface area contributed by atoms with E-state index in [9.17, 15) is 4.79 Å². The van der Waals surface area contributed by atoms with Gasteiger partial charge in [-0.2, -0.15) is 5.10 Å². The lowest BCUT2D eigenvalue weighted by atomic mass is 10.3. The van der Waals surface area contributed by atoms with Gasteiger partial charge in [0.05, 0.1) is 17.9 Å². The van der Waals surface area contributed by atoms with E-state index in [-0.39, 0.29) is 24.1 Å². The van der Waals surface area contributed by atoms with Crippen molar-refractivity contribution in [3.8, 4) is 5.88 Å². The Balaban J connectivity index is 2.23. The standard InChI is InChI=1S/C13H15N3O3/c1-9(2)16-12(11(7-15-16)13(17)18)19-8-10-5-3-4-6-14-10/h3-7,9H,8H2,1-2H3,(H,17,18). The number of ether oxygens (including phenoxy) is 1. The number of hydrogen-bond acceptors (Lipinski definition) is 4. The van der Waals surface area contributed by atoms with Gasteiger partial charge in [0.1, 0.15) is 12.2 Å². The average molecular weight is 261 g/mol. The third-order valence-electron chi connectivity index (χ3n) is 2.55. The molecular formula is C13H15N3O3. The lowest BCUT2D eigenvalue weighted by Gasteiger charge is -2.12. The number of nitrogens with zero attached hydrogens (tertiary/aromatic N) is 3. The lowest BCUT2D eigenvalue weighted by Crippen LogP contribution is -2.10. The molecule has 0 bridgehead atoms. The molecule has 19 heavy (non-hydrogen) atoms. The Bertz CT molecular complexity index is 564. The summed E-state index contributed by atoms with van der Waals surface area (Å²) in [4.78, 5) is 15.2. The Labute approximate surface area is 110 Å². The van der Waals surface area contributed by atoms with Crippen LogP contribution < -0.4 is 4.74 Å². The first-order chi connectivity index (χ1) is 9.09. The molecular weight excluding hydrogens is 246 g/mol. The lowest BCUT2D eigenvalue weighted by molar-refractivity contribution is 0.0690. The first kappa shape index (κ1) is 13.1. The van der Waals surface area contributed by atoms with Crippen molar-refractivity contribution in [2.75, 3.05) is 0 Å². The van der Waals surface area contributed by atoms with Crippen LogP contribution in [0.15, 0.2) is 30.6 Å². The molecule has 0 aromatic carbocycles. The second-order valence-corrected chi connectivity index (χ2v) is 4.32. The van der Waals surface area contributed by atoms with Gasteiger partial charge in [0.2, 0.25) is 5.88 Å². The van der Waals surface area contributed by atoms with Crippen LogP contribution in [0.5, 0.6) is 5.88 Å². The summed E-state index contributed by atoms with van der Waals surface area (Å²) >= 11 is 0. The predicted octanol–water partition coefficient (Wildman–Crippen LogP) is 2.14. The summed E-state index contributed by atoms with van der Waals surface area (Å²) in [5.74, 6) is -0.795. The van der Waals surface area contributed by atoms with E-state index >= 15 is 0 Å². The number of carboxylic acid groups (broad SMARTS) is 1. The highest BCUT2D eigenvalue weighted by Gasteiger charge is 2.19. The van der Waals surface area contributed by atoms with Crippen LogP contribution >= 0.6 is 0 Å². The fraction of sp³-hybridized carbons (Fsp3) is 0.308. The van der Waals surface area contributed by atoms with Crippen molar-refractivity contribution in [3.63, 3.8) is 0 Å². The number of carbonyl (C=O) groups is 1. The van der Waals surface area contributed by atoms with E-state index in [2.05, 4.69) is 10.1 Å². The molecule has 0 aliphatic carbocycles. The number of aromatic nitrogens is 3. The molecule has 0 amide bonds. The van der Waals surface area contributed by atoms with E-state index < -0.39 is 5.97 Å². The molecule has 2 rings (SSSR count). The van der Waals surface area contributed by atoms with Gasteiger partial charge in [-0.05, 0) is 26.0 Å². The zero-order chi connectivity index (χ0) is 13.8. The Hall–Kier alpha value is -2.37. The van der Waals surface area contributed by atoms with Crippen LogP contribution in [0.25, 0.3) is 0 Å². The van der Waals surface area contributed by atoms with Crippen LogP contribution in [0.4, 0.5) is 0 Å². The molecule has 1 N–H and O–H groups in total. The largest absolute Gasteiger partial charge is 0.477 e. The summed E-state index contributed by atoms with van der Waals surface area (Å²) < 4.78 is 7.12. The third kappa shape index (κ3) is 2.90. The van der Waals surface area contributed by atoms with Crippen LogP contribution in [-0.2, 0) is 6.61 Å². The normalized spacial score (nSPS) is 10.7. The van der Waals surface area contributed by atoms with Crippen LogP contribution in [0.3, 0.4) is 0 Å². The Morgan fingerprint density at radius 2 is 2.26 bits per heavy atom. The molecule has 0 radical (unpaired) electrons. The summed E-state index contributed by atoms with van der Waals surface area (Å²) in [6.07, 6.45) is 2.96. The van der Waals surface area contributed by atoms with Crippen molar-refractivity contribution >= 4 is 5.97 Å². The summed E-state index contributed by atoms with van der Waals surface area (Å²) in [6, 6.07) is 5.50. The predicted molar refractivity (Wildman–Crippen MR) is 68.1 cm³/mol. The number of pyridine rings is 1. The fourth-order valence-corrected chi connectivity index (χ4v) is 1.64. The molecule has 0 saturated carbocycles. The minimum Gasteiger partial charge on any atom is -0.477 e. The summed E-state index contributed by atoms with van der Waals surface area (Å²) in [5, 5.41) is 13.1. The van der Waals surface area contributed by atoms with Crippen molar-refractivity contribution in [2.45, 2.75) is 26.5 Å². The number of carboxylic acids is 1. The minimum absolute atomic E-state index is 0.0202. The molecule has 0 fully saturated rings. The SMILES string of the molecule is CC(C)n1ncc(C(=O)O)c1OCc1ccccn1. The van der Waals surface area contributed by atoms with Gasteiger partial charge in [-0.1, -0.05) is 6.07 Å². The van der Waals surface area contributed by atoms with Crippen LogP contribution in [0, 0.1) is 0 Å². The Morgan fingerprint density at radius 1 is 1.47 bits per heavy atom. The van der Waals surface area contributed by atoms with Crippen LogP contribution in [0.2, 0.25) is 0 Å². The summed E-state index contributed by atoms with van der Waals surface area (Å²) in [7, 11) is 0. The summed E-state index contributed by atoms with van der Waals surface area (Å²) in [5.41, 5.74) is 0.792. The molecule has 2 aromatic heterocycles. The molecule has 2 aromatic rings. The molecule has 100 valence electrons. The van der Waals surface area contributed by atoms with E-state index in [1.54, 1.807) is 10.9 Å². The molecule has 0 saturated heterocycles. The van der Waals surface area contributed by atoms with Gasteiger partial charge in [-0.3, -0.25) is 4.98 Å². The molecule has 0 unspecified atom stereocenters. The van der Waals surface area contributed by atoms with Gasteiger partial charge in [0.25, 0.3) is 0 Å². The van der Waals surface area contributed by atoms with E-state index in [4.69, 9.17) is 9.84 Å². The maximum Gasteiger partial charge on any atom is 0.342 e. The smallest absolute Gasteiger partial charge is 0.342 e. The van der Waals surface area contributed by atoms with E-state index in [0.717, 1.165) is 5.69 Å². The zero-order valence-corrected chi connectivity index (χ0v) is 10.8. The van der Waals surface area contributed by atoms with Gasteiger partial charge in [0.15, 0.2) is 0 Å².